The lowest BCUT2D eigenvalue weighted by atomic mass is 9.70. The molecule has 2 rings (SSSR count). The van der Waals surface area contributed by atoms with Crippen molar-refractivity contribution in [3.8, 4) is 0 Å². The molecule has 0 atom stereocenters. The molecule has 0 unspecified atom stereocenters. The van der Waals surface area contributed by atoms with Crippen LogP contribution in [0.5, 0.6) is 0 Å². The number of hydrogen-bond donors (Lipinski definition) is 0. The van der Waals surface area contributed by atoms with Gasteiger partial charge in [-0.1, -0.05) is 141 Å². The predicted octanol–water partition coefficient (Wildman–Crippen LogP) is 10.1. The van der Waals surface area contributed by atoms with Crippen LogP contribution in [-0.2, 0) is 0 Å². The van der Waals surface area contributed by atoms with Crippen LogP contribution in [0.1, 0.15) is 167 Å². The summed E-state index contributed by atoms with van der Waals surface area (Å²) in [6.45, 7) is 0. The summed E-state index contributed by atoms with van der Waals surface area (Å²) in [5.41, 5.74) is 0.739. The van der Waals surface area contributed by atoms with Crippen LogP contribution in [0.2, 0.25) is 0 Å². The van der Waals surface area contributed by atoms with Gasteiger partial charge in [-0.15, -0.1) is 0 Å². The maximum atomic E-state index is 1.56. The summed E-state index contributed by atoms with van der Waals surface area (Å²) < 4.78 is 0. The summed E-state index contributed by atoms with van der Waals surface area (Å²) in [6, 6.07) is 0. The van der Waals surface area contributed by atoms with Gasteiger partial charge in [0.15, 0.2) is 0 Å². The molecule has 0 aliphatic heterocycles. The zero-order chi connectivity index (χ0) is 18.9. The molecule has 2 saturated carbocycles. The average molecular weight is 377 g/mol. The average Bonchev–Trinajstić information content (AvgIpc) is 2.69. The Balaban J connectivity index is 1.82. The molecule has 0 aromatic heterocycles. The van der Waals surface area contributed by atoms with Gasteiger partial charge in [0.1, 0.15) is 0 Å². The van der Waals surface area contributed by atoms with E-state index in [2.05, 4.69) is 0 Å². The van der Waals surface area contributed by atoms with Crippen molar-refractivity contribution in [1.82, 2.24) is 0 Å². The summed E-state index contributed by atoms with van der Waals surface area (Å²) >= 11 is 0. The molecule has 0 saturated heterocycles. The molecule has 0 bridgehead atoms. The highest BCUT2D eigenvalue weighted by Gasteiger charge is 2.28. The minimum atomic E-state index is 0.739. The molecule has 1 spiro atoms. The summed E-state index contributed by atoms with van der Waals surface area (Å²) in [7, 11) is 0. The van der Waals surface area contributed by atoms with Gasteiger partial charge in [0.25, 0.3) is 0 Å². The fraction of sp³-hybridized carbons (Fsp3) is 1.00. The third-order valence-electron chi connectivity index (χ3n) is 7.83. The first-order chi connectivity index (χ1) is 13.4. The van der Waals surface area contributed by atoms with Crippen LogP contribution in [0, 0.1) is 5.41 Å². The highest BCUT2D eigenvalue weighted by atomic mass is 14.3. The van der Waals surface area contributed by atoms with E-state index >= 15 is 0 Å². The van der Waals surface area contributed by atoms with E-state index in [1.807, 2.05) is 0 Å². The molecule has 2 aliphatic carbocycles. The highest BCUT2D eigenvalue weighted by molar-refractivity contribution is 4.80. The highest BCUT2D eigenvalue weighted by Crippen LogP contribution is 2.42. The van der Waals surface area contributed by atoms with Gasteiger partial charge in [-0.3, -0.25) is 0 Å². The van der Waals surface area contributed by atoms with Crippen LogP contribution >= 0.6 is 0 Å². The quantitative estimate of drug-likeness (QED) is 0.394. The molecule has 0 N–H and O–H groups in total. The van der Waals surface area contributed by atoms with Crippen molar-refractivity contribution in [1.29, 1.82) is 0 Å². The second-order valence-corrected chi connectivity index (χ2v) is 10.3. The zero-order valence-electron chi connectivity index (χ0n) is 18.9. The van der Waals surface area contributed by atoms with Gasteiger partial charge in [-0.05, 0) is 31.1 Å². The van der Waals surface area contributed by atoms with Gasteiger partial charge in [-0.25, -0.2) is 0 Å². The van der Waals surface area contributed by atoms with E-state index in [1.165, 1.54) is 141 Å². The first-order valence-electron chi connectivity index (χ1n) is 13.4. The molecule has 0 aromatic rings. The van der Waals surface area contributed by atoms with Crippen LogP contribution in [-0.4, -0.2) is 0 Å². The molecular weight excluding hydrogens is 324 g/mol. The van der Waals surface area contributed by atoms with E-state index in [-0.39, 0.29) is 0 Å². The Labute approximate surface area is 172 Å². The van der Waals surface area contributed by atoms with Crippen molar-refractivity contribution in [3.63, 3.8) is 0 Å². The van der Waals surface area contributed by atoms with Crippen LogP contribution < -0.4 is 0 Å². The minimum absolute atomic E-state index is 0.739. The summed E-state index contributed by atoms with van der Waals surface area (Å²) in [5, 5.41) is 0. The monoisotopic (exact) mass is 376 g/mol. The second-order valence-electron chi connectivity index (χ2n) is 10.3. The van der Waals surface area contributed by atoms with E-state index in [0.717, 1.165) is 5.41 Å². The predicted molar refractivity (Wildman–Crippen MR) is 122 cm³/mol. The van der Waals surface area contributed by atoms with Crippen molar-refractivity contribution in [3.05, 3.63) is 0 Å². The van der Waals surface area contributed by atoms with Crippen molar-refractivity contribution < 1.29 is 0 Å². The van der Waals surface area contributed by atoms with Gasteiger partial charge in [-0.2, -0.15) is 0 Å². The Kier molecular flexibility index (Phi) is 13.7. The van der Waals surface area contributed by atoms with Gasteiger partial charge < -0.3 is 0 Å². The first-order valence-corrected chi connectivity index (χ1v) is 13.4. The fourth-order valence-electron chi connectivity index (χ4n) is 5.93. The largest absolute Gasteiger partial charge is 0.0533 e. The third kappa shape index (κ3) is 11.6. The molecule has 0 heteroatoms. The second kappa shape index (κ2) is 15.9. The lowest BCUT2D eigenvalue weighted by Gasteiger charge is -2.35. The first kappa shape index (κ1) is 23.3. The van der Waals surface area contributed by atoms with Crippen molar-refractivity contribution >= 4 is 0 Å². The number of hydrogen-bond acceptors (Lipinski definition) is 0. The number of rotatable bonds is 0. The van der Waals surface area contributed by atoms with Gasteiger partial charge in [0.05, 0.1) is 0 Å². The zero-order valence-corrected chi connectivity index (χ0v) is 18.9. The molecule has 0 aromatic carbocycles. The third-order valence-corrected chi connectivity index (χ3v) is 7.83. The van der Waals surface area contributed by atoms with E-state index in [4.69, 9.17) is 0 Å². The molecule has 160 valence electrons. The van der Waals surface area contributed by atoms with Crippen molar-refractivity contribution in [2.45, 2.75) is 167 Å². The van der Waals surface area contributed by atoms with E-state index in [0.29, 0.717) is 0 Å². The Morgan fingerprint density at radius 2 is 0.333 bits per heavy atom. The topological polar surface area (TPSA) is 0 Å². The molecular formula is C27H52. The Morgan fingerprint density at radius 3 is 0.519 bits per heavy atom. The lowest BCUT2D eigenvalue weighted by molar-refractivity contribution is 0.168. The molecule has 0 amide bonds. The summed E-state index contributed by atoms with van der Waals surface area (Å²) in [6.07, 6.45) is 39.5. The maximum Gasteiger partial charge on any atom is -0.0297 e. The molecule has 0 radical (unpaired) electrons. The standard InChI is InChI=1S/C27H52/c1-2-4-6-8-11-15-19-23-27(24-20-16-12-9-7-5-3-1)25-21-17-13-10-14-18-22-26-27/h1-26H2. The minimum Gasteiger partial charge on any atom is -0.0533 e. The Morgan fingerprint density at radius 1 is 0.185 bits per heavy atom. The summed E-state index contributed by atoms with van der Waals surface area (Å²) in [4.78, 5) is 0. The maximum absolute atomic E-state index is 1.56. The van der Waals surface area contributed by atoms with E-state index < -0.39 is 0 Å². The fourth-order valence-corrected chi connectivity index (χ4v) is 5.93. The van der Waals surface area contributed by atoms with Crippen LogP contribution in [0.3, 0.4) is 0 Å². The normalized spacial score (nSPS) is 26.7. The molecule has 0 heterocycles. The molecule has 0 nitrogen and oxygen atoms in total. The van der Waals surface area contributed by atoms with Gasteiger partial charge in [0.2, 0.25) is 0 Å². The lowest BCUT2D eigenvalue weighted by Crippen LogP contribution is -2.22. The van der Waals surface area contributed by atoms with Crippen LogP contribution in [0.25, 0.3) is 0 Å². The smallest absolute Gasteiger partial charge is 0.0297 e. The van der Waals surface area contributed by atoms with E-state index in [1.54, 1.807) is 25.7 Å². The molecule has 2 aliphatic rings. The molecule has 27 heavy (non-hydrogen) atoms. The van der Waals surface area contributed by atoms with Crippen molar-refractivity contribution in [2.75, 3.05) is 0 Å². The van der Waals surface area contributed by atoms with Gasteiger partial charge in [0, 0.05) is 0 Å². The van der Waals surface area contributed by atoms with Crippen molar-refractivity contribution in [2.24, 2.45) is 5.41 Å². The Hall–Kier alpha value is 0. The van der Waals surface area contributed by atoms with Crippen LogP contribution in [0.15, 0.2) is 0 Å². The molecule has 2 fully saturated rings. The van der Waals surface area contributed by atoms with Gasteiger partial charge >= 0.3 is 0 Å². The van der Waals surface area contributed by atoms with Crippen LogP contribution in [0.4, 0.5) is 0 Å². The Bertz CT molecular complexity index is 288. The summed E-state index contributed by atoms with van der Waals surface area (Å²) in [5.74, 6) is 0. The SMILES string of the molecule is C1CCCCCCCCC2(CCCCCCCC1)CCCCCCCCC2. The van der Waals surface area contributed by atoms with E-state index in [9.17, 15) is 0 Å².